The van der Waals surface area contributed by atoms with E-state index in [9.17, 15) is 0 Å². The molecule has 0 amide bonds. The fraction of sp³-hybridized carbons (Fsp3) is 0.375. The molecule has 0 bridgehead atoms. The second-order valence-electron chi connectivity index (χ2n) is 2.19. The maximum atomic E-state index is 4.25. The summed E-state index contributed by atoms with van der Waals surface area (Å²) in [5.74, 6) is 6.83. The average molecular weight is 213 g/mol. The van der Waals surface area contributed by atoms with Gasteiger partial charge in [0.1, 0.15) is 5.82 Å². The molecule has 58 valence electrons. The Morgan fingerprint density at radius 1 is 1.64 bits per heavy atom. The molecule has 0 aromatic heterocycles. The van der Waals surface area contributed by atoms with Gasteiger partial charge in [0, 0.05) is 12.6 Å². The standard InChI is InChI=1S/C8H9BrN2/c1-6-4-3-5-7(9)11-8(6)10-2/h10H,5H2,1-2H3. The highest BCUT2D eigenvalue weighted by Crippen LogP contribution is 2.08. The minimum atomic E-state index is 0.697. The Labute approximate surface area is 74.9 Å². The number of hydrogen-bond donors (Lipinski definition) is 1. The van der Waals surface area contributed by atoms with Crippen LogP contribution in [0.5, 0.6) is 0 Å². The van der Waals surface area contributed by atoms with Crippen molar-refractivity contribution >= 4 is 20.6 Å². The molecule has 1 N–H and O–H groups in total. The van der Waals surface area contributed by atoms with Gasteiger partial charge in [0.15, 0.2) is 0 Å². The first kappa shape index (κ1) is 8.35. The minimum absolute atomic E-state index is 0.697. The van der Waals surface area contributed by atoms with Gasteiger partial charge in [-0.25, -0.2) is 4.99 Å². The molecule has 1 heterocycles. The van der Waals surface area contributed by atoms with Gasteiger partial charge in [-0.3, -0.25) is 0 Å². The summed E-state index contributed by atoms with van der Waals surface area (Å²) < 4.78 is 0.881. The monoisotopic (exact) mass is 212 g/mol. The van der Waals surface area contributed by atoms with E-state index in [-0.39, 0.29) is 0 Å². The molecule has 0 aliphatic carbocycles. The largest absolute Gasteiger partial charge is 0.372 e. The zero-order chi connectivity index (χ0) is 8.27. The fourth-order valence-electron chi connectivity index (χ4n) is 0.797. The third-order valence-corrected chi connectivity index (χ3v) is 1.79. The van der Waals surface area contributed by atoms with Crippen LogP contribution in [0.15, 0.2) is 16.4 Å². The minimum Gasteiger partial charge on any atom is -0.372 e. The zero-order valence-corrected chi connectivity index (χ0v) is 8.12. The van der Waals surface area contributed by atoms with Gasteiger partial charge in [-0.15, -0.1) is 0 Å². The molecule has 0 aromatic rings. The van der Waals surface area contributed by atoms with Crippen molar-refractivity contribution in [3.8, 4) is 11.8 Å². The van der Waals surface area contributed by atoms with Crippen LogP contribution in [0.2, 0.25) is 0 Å². The molecule has 0 spiro atoms. The van der Waals surface area contributed by atoms with E-state index < -0.39 is 0 Å². The molecular formula is C8H9BrN2. The van der Waals surface area contributed by atoms with Crippen molar-refractivity contribution < 1.29 is 0 Å². The van der Waals surface area contributed by atoms with Crippen LogP contribution in [-0.2, 0) is 0 Å². The number of hydrogen-bond acceptors (Lipinski definition) is 2. The van der Waals surface area contributed by atoms with E-state index in [2.05, 4.69) is 38.1 Å². The number of nitrogens with zero attached hydrogens (tertiary/aromatic N) is 1. The van der Waals surface area contributed by atoms with Gasteiger partial charge in [-0.1, -0.05) is 11.8 Å². The van der Waals surface area contributed by atoms with Gasteiger partial charge >= 0.3 is 0 Å². The molecule has 1 aliphatic heterocycles. The summed E-state index contributed by atoms with van der Waals surface area (Å²) in [4.78, 5) is 4.25. The van der Waals surface area contributed by atoms with Crippen LogP contribution >= 0.6 is 15.9 Å². The Kier molecular flexibility index (Phi) is 2.72. The van der Waals surface area contributed by atoms with Crippen molar-refractivity contribution in [3.63, 3.8) is 0 Å². The summed E-state index contributed by atoms with van der Waals surface area (Å²) in [5.41, 5.74) is 0.988. The summed E-state index contributed by atoms with van der Waals surface area (Å²) in [6.07, 6.45) is 0.697. The Balaban J connectivity index is 3.02. The highest BCUT2D eigenvalue weighted by Gasteiger charge is 2.00. The topological polar surface area (TPSA) is 24.4 Å². The third-order valence-electron chi connectivity index (χ3n) is 1.34. The molecule has 11 heavy (non-hydrogen) atoms. The molecule has 0 aromatic carbocycles. The maximum Gasteiger partial charge on any atom is 0.138 e. The molecule has 0 saturated carbocycles. The predicted molar refractivity (Wildman–Crippen MR) is 50.5 cm³/mol. The van der Waals surface area contributed by atoms with Crippen LogP contribution in [-0.4, -0.2) is 11.7 Å². The summed E-state index contributed by atoms with van der Waals surface area (Å²) in [5, 5.41) is 2.98. The van der Waals surface area contributed by atoms with Crippen molar-refractivity contribution in [3.05, 3.63) is 11.4 Å². The molecule has 0 saturated heterocycles. The number of allylic oxidation sites excluding steroid dienone is 1. The number of nitrogens with one attached hydrogen (secondary N) is 1. The third kappa shape index (κ3) is 2.09. The summed E-state index contributed by atoms with van der Waals surface area (Å²) in [7, 11) is 1.84. The van der Waals surface area contributed by atoms with E-state index in [0.717, 1.165) is 16.0 Å². The van der Waals surface area contributed by atoms with Gasteiger partial charge in [0.2, 0.25) is 0 Å². The first-order chi connectivity index (χ1) is 5.24. The molecule has 0 fully saturated rings. The second kappa shape index (κ2) is 3.59. The lowest BCUT2D eigenvalue weighted by atomic mass is 10.3. The van der Waals surface area contributed by atoms with Crippen LogP contribution in [0.3, 0.4) is 0 Å². The first-order valence-corrected chi connectivity index (χ1v) is 4.14. The van der Waals surface area contributed by atoms with Crippen LogP contribution in [0.1, 0.15) is 13.3 Å². The van der Waals surface area contributed by atoms with Crippen molar-refractivity contribution in [1.82, 2.24) is 5.32 Å². The molecular weight excluding hydrogens is 204 g/mol. The van der Waals surface area contributed by atoms with Gasteiger partial charge < -0.3 is 5.32 Å². The maximum absolute atomic E-state index is 4.25. The Morgan fingerprint density at radius 3 is 3.00 bits per heavy atom. The summed E-state index contributed by atoms with van der Waals surface area (Å²) in [6, 6.07) is 0. The van der Waals surface area contributed by atoms with Gasteiger partial charge in [0.25, 0.3) is 0 Å². The van der Waals surface area contributed by atoms with Gasteiger partial charge in [-0.2, -0.15) is 0 Å². The normalized spacial score (nSPS) is 16.5. The van der Waals surface area contributed by atoms with E-state index >= 15 is 0 Å². The van der Waals surface area contributed by atoms with Crippen LogP contribution in [0.4, 0.5) is 0 Å². The second-order valence-corrected chi connectivity index (χ2v) is 3.11. The first-order valence-electron chi connectivity index (χ1n) is 3.34. The lowest BCUT2D eigenvalue weighted by Crippen LogP contribution is -2.06. The summed E-state index contributed by atoms with van der Waals surface area (Å²) in [6.45, 7) is 1.95. The lowest BCUT2D eigenvalue weighted by Gasteiger charge is -2.00. The zero-order valence-electron chi connectivity index (χ0n) is 6.53. The Hall–Kier alpha value is -0.750. The van der Waals surface area contributed by atoms with Gasteiger partial charge in [0.05, 0.1) is 11.0 Å². The summed E-state index contributed by atoms with van der Waals surface area (Å²) >= 11 is 3.32. The average Bonchev–Trinajstić information content (AvgIpc) is 2.13. The highest BCUT2D eigenvalue weighted by molar-refractivity contribution is 9.18. The number of halogens is 1. The van der Waals surface area contributed by atoms with E-state index in [1.807, 2.05) is 14.0 Å². The fourth-order valence-corrected chi connectivity index (χ4v) is 1.11. The molecule has 0 atom stereocenters. The smallest absolute Gasteiger partial charge is 0.138 e. The number of rotatable bonds is 1. The van der Waals surface area contributed by atoms with Crippen molar-refractivity contribution in [2.24, 2.45) is 4.99 Å². The molecule has 0 unspecified atom stereocenters. The van der Waals surface area contributed by atoms with E-state index in [1.165, 1.54) is 0 Å². The van der Waals surface area contributed by atoms with Gasteiger partial charge in [-0.05, 0) is 22.9 Å². The van der Waals surface area contributed by atoms with Crippen molar-refractivity contribution in [2.45, 2.75) is 13.3 Å². The van der Waals surface area contributed by atoms with Crippen molar-refractivity contribution in [1.29, 1.82) is 0 Å². The SMILES string of the molecule is CNC1=C(C)C#CCC(Br)=N1. The Bertz CT molecular complexity index is 278. The molecule has 1 rings (SSSR count). The van der Waals surface area contributed by atoms with E-state index in [0.29, 0.717) is 6.42 Å². The lowest BCUT2D eigenvalue weighted by molar-refractivity contribution is 0.950. The predicted octanol–water partition coefficient (Wildman–Crippen LogP) is 1.64. The van der Waals surface area contributed by atoms with Crippen LogP contribution in [0, 0.1) is 11.8 Å². The molecule has 0 radical (unpaired) electrons. The van der Waals surface area contributed by atoms with Crippen molar-refractivity contribution in [2.75, 3.05) is 7.05 Å². The number of aliphatic imine (C=N–C) groups is 1. The Morgan fingerprint density at radius 2 is 2.36 bits per heavy atom. The van der Waals surface area contributed by atoms with Crippen LogP contribution < -0.4 is 5.32 Å². The molecule has 2 nitrogen and oxygen atoms in total. The van der Waals surface area contributed by atoms with E-state index in [4.69, 9.17) is 0 Å². The van der Waals surface area contributed by atoms with E-state index in [1.54, 1.807) is 0 Å². The molecule has 1 aliphatic rings. The van der Waals surface area contributed by atoms with Crippen LogP contribution in [0.25, 0.3) is 0 Å². The quantitative estimate of drug-likeness (QED) is 0.658. The molecule has 3 heteroatoms. The highest BCUT2D eigenvalue weighted by atomic mass is 79.9.